The zero-order chi connectivity index (χ0) is 14.8. The van der Waals surface area contributed by atoms with E-state index >= 15 is 0 Å². The summed E-state index contributed by atoms with van der Waals surface area (Å²) in [5.74, 6) is -0.333. The van der Waals surface area contributed by atoms with Gasteiger partial charge in [-0.05, 0) is 36.2 Å². The van der Waals surface area contributed by atoms with E-state index in [0.29, 0.717) is 11.1 Å². The maximum atomic E-state index is 12.9. The van der Waals surface area contributed by atoms with Crippen molar-refractivity contribution in [2.45, 2.75) is 13.5 Å². The Morgan fingerprint density at radius 1 is 1.14 bits per heavy atom. The Bertz CT molecular complexity index is 621. The molecule has 0 aliphatic carbocycles. The zero-order valence-electron chi connectivity index (χ0n) is 11.6. The van der Waals surface area contributed by atoms with Crippen LogP contribution in [0, 0.1) is 12.7 Å². The van der Waals surface area contributed by atoms with E-state index < -0.39 is 12.4 Å². The van der Waals surface area contributed by atoms with Crippen LogP contribution in [-0.2, 0) is 6.61 Å². The van der Waals surface area contributed by atoms with E-state index in [0.717, 1.165) is 12.3 Å². The van der Waals surface area contributed by atoms with Crippen LogP contribution in [0.15, 0.2) is 36.7 Å². The third kappa shape index (κ3) is 5.37. The van der Waals surface area contributed by atoms with Gasteiger partial charge in [-0.15, -0.1) is 0 Å². The van der Waals surface area contributed by atoms with Crippen molar-refractivity contribution in [3.63, 3.8) is 0 Å². The molecule has 0 bridgehead atoms. The van der Waals surface area contributed by atoms with Crippen molar-refractivity contribution < 1.29 is 73.5 Å². The second-order valence-electron chi connectivity index (χ2n) is 4.39. The summed E-state index contributed by atoms with van der Waals surface area (Å²) in [6.45, 7) is -3.34. The number of aryl methyl sites for hydroxylation is 1. The predicted molar refractivity (Wildman–Crippen MR) is 68.4 cm³/mol. The van der Waals surface area contributed by atoms with Crippen LogP contribution in [0.25, 0.3) is 0 Å². The molecule has 0 fully saturated rings. The van der Waals surface area contributed by atoms with Gasteiger partial charge in [0.1, 0.15) is 18.2 Å². The first-order valence-electron chi connectivity index (χ1n) is 5.89. The molecule has 2 aromatic rings. The molecule has 0 aliphatic heterocycles. The van der Waals surface area contributed by atoms with Gasteiger partial charge in [0, 0.05) is 6.20 Å². The van der Waals surface area contributed by atoms with Crippen LogP contribution in [0.1, 0.15) is 11.1 Å². The van der Waals surface area contributed by atoms with Gasteiger partial charge in [-0.2, -0.15) is 0 Å². The molecule has 0 aliphatic rings. The van der Waals surface area contributed by atoms with E-state index in [-0.39, 0.29) is 69.6 Å². The maximum Gasteiger partial charge on any atom is 1.00 e. The Morgan fingerprint density at radius 3 is 2.48 bits per heavy atom. The minimum atomic E-state index is -5.10. The fraction of sp³-hybridized carbons (Fsp3) is 0.154. The minimum Gasteiger partial charge on any atom is -0.487 e. The zero-order valence-corrected chi connectivity index (χ0v) is 14.7. The van der Waals surface area contributed by atoms with Crippen molar-refractivity contribution in [3.05, 3.63) is 53.6 Å². The summed E-state index contributed by atoms with van der Waals surface area (Å²) in [5, 5.41) is 0. The monoisotopic (exact) mass is 323 g/mol. The Labute approximate surface area is 162 Å². The van der Waals surface area contributed by atoms with Gasteiger partial charge >= 0.3 is 58.4 Å². The maximum absolute atomic E-state index is 12.9. The minimum absolute atomic E-state index is 0. The van der Waals surface area contributed by atoms with E-state index in [1.165, 1.54) is 24.4 Å². The van der Waals surface area contributed by atoms with Crippen LogP contribution in [0.2, 0.25) is 0 Å². The average Bonchev–Trinajstić information content (AvgIpc) is 2.37. The third-order valence-electron chi connectivity index (χ3n) is 2.81. The van der Waals surface area contributed by atoms with Gasteiger partial charge in [-0.25, -0.2) is 4.39 Å². The van der Waals surface area contributed by atoms with Gasteiger partial charge in [-0.1, -0.05) is 11.5 Å². The molecule has 0 saturated carbocycles. The smallest absolute Gasteiger partial charge is 0.487 e. The van der Waals surface area contributed by atoms with Crippen LogP contribution in [0.5, 0.6) is 5.75 Å². The second kappa shape index (κ2) is 7.73. The molecule has 1 aromatic heterocycles. The molecule has 0 unspecified atom stereocenters. The average molecular weight is 323 g/mol. The number of halogens is 4. The molecule has 0 radical (unpaired) electrons. The summed E-state index contributed by atoms with van der Waals surface area (Å²) in [7, 11) is 0. The molecule has 21 heavy (non-hydrogen) atoms. The van der Waals surface area contributed by atoms with Crippen LogP contribution in [0.4, 0.5) is 17.3 Å². The molecule has 1 aromatic carbocycles. The Kier molecular flexibility index (Phi) is 6.86. The first-order chi connectivity index (χ1) is 9.36. The molecule has 1 heterocycles. The molecule has 2 rings (SSSR count). The van der Waals surface area contributed by atoms with Crippen molar-refractivity contribution in [1.82, 2.24) is 4.98 Å². The molecule has 8 heteroatoms. The summed E-state index contributed by atoms with van der Waals surface area (Å²) in [6, 6.07) is 5.06. The van der Waals surface area contributed by atoms with E-state index in [1.54, 1.807) is 6.92 Å². The van der Waals surface area contributed by atoms with E-state index in [4.69, 9.17) is 4.74 Å². The Morgan fingerprint density at radius 2 is 1.86 bits per heavy atom. The molecule has 106 valence electrons. The van der Waals surface area contributed by atoms with Gasteiger partial charge in [-0.3, -0.25) is 4.98 Å². The normalized spacial score (nSPS) is 10.9. The quantitative estimate of drug-likeness (QED) is 0.591. The fourth-order valence-corrected chi connectivity index (χ4v) is 1.68. The van der Waals surface area contributed by atoms with Gasteiger partial charge < -0.3 is 17.7 Å². The number of nitrogens with zero attached hydrogens (tertiary/aromatic N) is 1. The topological polar surface area (TPSA) is 22.1 Å². The fourth-order valence-electron chi connectivity index (χ4n) is 1.68. The SMILES string of the molecule is Cc1cc(F)ccc1COc1cncc([B-](F)(F)F)c1.[K+]. The number of rotatable bonds is 4. The summed E-state index contributed by atoms with van der Waals surface area (Å²) >= 11 is 0. The van der Waals surface area contributed by atoms with E-state index in [1.807, 2.05) is 0 Å². The molecule has 0 amide bonds. The van der Waals surface area contributed by atoms with Crippen molar-refractivity contribution in [2.75, 3.05) is 0 Å². The van der Waals surface area contributed by atoms with Crippen LogP contribution in [-0.4, -0.2) is 12.0 Å². The van der Waals surface area contributed by atoms with Gasteiger partial charge in [0.05, 0.1) is 6.20 Å². The number of ether oxygens (including phenoxy) is 1. The Balaban J connectivity index is 0.00000220. The molecular weight excluding hydrogens is 312 g/mol. The third-order valence-corrected chi connectivity index (χ3v) is 2.81. The number of pyridine rings is 1. The van der Waals surface area contributed by atoms with E-state index in [2.05, 4.69) is 4.98 Å². The molecule has 2 nitrogen and oxygen atoms in total. The van der Waals surface area contributed by atoms with E-state index in [9.17, 15) is 17.3 Å². The Hall–Kier alpha value is -0.409. The summed E-state index contributed by atoms with van der Waals surface area (Å²) in [4.78, 5) is 3.51. The van der Waals surface area contributed by atoms with Gasteiger partial charge in [0.15, 0.2) is 0 Å². The van der Waals surface area contributed by atoms with Crippen molar-refractivity contribution in [2.24, 2.45) is 0 Å². The first-order valence-corrected chi connectivity index (χ1v) is 5.89. The standard InChI is InChI=1S/C13H11BF4NO.K/c1-9-4-12(15)3-2-10(9)8-20-13-5-11(6-19-7-13)14(16,17)18;/h2-7H,8H2,1H3;/q-1;+1. The van der Waals surface area contributed by atoms with Crippen molar-refractivity contribution in [3.8, 4) is 5.75 Å². The molecule has 0 saturated heterocycles. The number of aromatic nitrogens is 1. The van der Waals surface area contributed by atoms with Crippen LogP contribution >= 0.6 is 0 Å². The largest absolute Gasteiger partial charge is 1.00 e. The summed E-state index contributed by atoms with van der Waals surface area (Å²) in [6.07, 6.45) is 1.97. The van der Waals surface area contributed by atoms with Gasteiger partial charge in [0.2, 0.25) is 0 Å². The number of benzene rings is 1. The molecule has 0 N–H and O–H groups in total. The molecule has 0 atom stereocenters. The van der Waals surface area contributed by atoms with Gasteiger partial charge in [0.25, 0.3) is 0 Å². The summed E-state index contributed by atoms with van der Waals surface area (Å²) in [5.41, 5.74) is 0.571. The van der Waals surface area contributed by atoms with Crippen molar-refractivity contribution in [1.29, 1.82) is 0 Å². The summed E-state index contributed by atoms with van der Waals surface area (Å²) < 4.78 is 55.9. The molecular formula is C13H11BF4KNO. The second-order valence-corrected chi connectivity index (χ2v) is 4.39. The number of hydrogen-bond donors (Lipinski definition) is 0. The van der Waals surface area contributed by atoms with Crippen LogP contribution in [0.3, 0.4) is 0 Å². The predicted octanol–water partition coefficient (Wildman–Crippen LogP) is 0.167. The van der Waals surface area contributed by atoms with Crippen LogP contribution < -0.4 is 61.6 Å². The number of hydrogen-bond acceptors (Lipinski definition) is 2. The first kappa shape index (κ1) is 18.6. The van der Waals surface area contributed by atoms with Crippen molar-refractivity contribution >= 4 is 12.4 Å². The molecule has 0 spiro atoms.